The highest BCUT2D eigenvalue weighted by molar-refractivity contribution is 5.20. The van der Waals surface area contributed by atoms with E-state index in [1.54, 1.807) is 0 Å². The minimum Gasteiger partial charge on any atom is -0.368 e. The molecule has 1 heterocycles. The summed E-state index contributed by atoms with van der Waals surface area (Å²) in [7, 11) is 0. The van der Waals surface area contributed by atoms with Crippen LogP contribution in [-0.2, 0) is 4.74 Å². The van der Waals surface area contributed by atoms with Crippen LogP contribution in [0.25, 0.3) is 0 Å². The summed E-state index contributed by atoms with van der Waals surface area (Å²) in [5.41, 5.74) is 1.26. The number of hydrogen-bond acceptors (Lipinski definition) is 2. The smallest absolute Gasteiger partial charge is 0.155 e. The van der Waals surface area contributed by atoms with Gasteiger partial charge < -0.3 is 9.84 Å². The molecule has 1 aromatic carbocycles. The molecule has 2 heteroatoms. The Hall–Kier alpha value is -0.860. The molecule has 1 aromatic rings. The van der Waals surface area contributed by atoms with E-state index in [2.05, 4.69) is 12.1 Å². The molecule has 1 saturated heterocycles. The van der Waals surface area contributed by atoms with Crippen LogP contribution in [-0.4, -0.2) is 18.0 Å². The number of hydrogen-bond donors (Lipinski definition) is 1. The molecular formula is C10H12O2. The van der Waals surface area contributed by atoms with Gasteiger partial charge in [-0.2, -0.15) is 0 Å². The van der Waals surface area contributed by atoms with Crippen molar-refractivity contribution >= 4 is 0 Å². The highest BCUT2D eigenvalue weighted by Crippen LogP contribution is 2.27. The van der Waals surface area contributed by atoms with E-state index < -0.39 is 6.29 Å². The molecule has 0 radical (unpaired) electrons. The van der Waals surface area contributed by atoms with Crippen LogP contribution in [0.3, 0.4) is 0 Å². The third-order valence-electron chi connectivity index (χ3n) is 2.25. The predicted octanol–water partition coefficient (Wildman–Crippen LogP) is 1.51. The molecule has 0 unspecified atom stereocenters. The lowest BCUT2D eigenvalue weighted by Crippen LogP contribution is -2.00. The fourth-order valence-corrected chi connectivity index (χ4v) is 1.56. The molecule has 0 bridgehead atoms. The fourth-order valence-electron chi connectivity index (χ4n) is 1.56. The lowest BCUT2D eigenvalue weighted by molar-refractivity contribution is -0.0589. The summed E-state index contributed by atoms with van der Waals surface area (Å²) in [5, 5.41) is 9.14. The van der Waals surface area contributed by atoms with E-state index in [0.717, 1.165) is 6.42 Å². The average Bonchev–Trinajstić information content (AvgIpc) is 2.54. The minimum absolute atomic E-state index is 0.376. The highest BCUT2D eigenvalue weighted by atomic mass is 16.6. The van der Waals surface area contributed by atoms with Crippen molar-refractivity contribution in [2.75, 3.05) is 6.61 Å². The maximum atomic E-state index is 9.14. The summed E-state index contributed by atoms with van der Waals surface area (Å²) in [6.45, 7) is 0.644. The fraction of sp³-hybridized carbons (Fsp3) is 0.400. The van der Waals surface area contributed by atoms with E-state index in [0.29, 0.717) is 12.5 Å². The second-order valence-corrected chi connectivity index (χ2v) is 3.13. The predicted molar refractivity (Wildman–Crippen MR) is 45.8 cm³/mol. The quantitative estimate of drug-likeness (QED) is 0.681. The lowest BCUT2D eigenvalue weighted by atomic mass is 9.98. The molecule has 0 saturated carbocycles. The Bertz CT molecular complexity index is 245. The molecule has 1 aliphatic rings. The van der Waals surface area contributed by atoms with Crippen molar-refractivity contribution < 1.29 is 9.84 Å². The van der Waals surface area contributed by atoms with Crippen LogP contribution in [0.15, 0.2) is 30.3 Å². The highest BCUT2D eigenvalue weighted by Gasteiger charge is 2.24. The van der Waals surface area contributed by atoms with Crippen LogP contribution < -0.4 is 0 Å². The van der Waals surface area contributed by atoms with Gasteiger partial charge in [-0.05, 0) is 5.56 Å². The number of aliphatic hydroxyl groups is 1. The lowest BCUT2D eigenvalue weighted by Gasteiger charge is -2.05. The van der Waals surface area contributed by atoms with E-state index in [9.17, 15) is 0 Å². The zero-order valence-corrected chi connectivity index (χ0v) is 6.81. The molecule has 1 N–H and O–H groups in total. The third-order valence-corrected chi connectivity index (χ3v) is 2.25. The first-order valence-electron chi connectivity index (χ1n) is 4.21. The van der Waals surface area contributed by atoms with Crippen LogP contribution in [0.4, 0.5) is 0 Å². The first kappa shape index (κ1) is 7.77. The third kappa shape index (κ3) is 1.49. The number of benzene rings is 1. The van der Waals surface area contributed by atoms with Gasteiger partial charge in [-0.3, -0.25) is 0 Å². The van der Waals surface area contributed by atoms with Crippen molar-refractivity contribution in [3.8, 4) is 0 Å². The van der Waals surface area contributed by atoms with Crippen molar-refractivity contribution in [2.45, 2.75) is 18.6 Å². The Labute approximate surface area is 71.8 Å². The zero-order chi connectivity index (χ0) is 8.39. The van der Waals surface area contributed by atoms with Gasteiger partial charge in [0.05, 0.1) is 6.61 Å². The maximum Gasteiger partial charge on any atom is 0.155 e. The summed E-state index contributed by atoms with van der Waals surface area (Å²) >= 11 is 0. The SMILES string of the molecule is O[C@H]1C[C@@H](c2ccccc2)CO1. The largest absolute Gasteiger partial charge is 0.368 e. The molecule has 0 aromatic heterocycles. The molecule has 1 aliphatic heterocycles. The molecular weight excluding hydrogens is 152 g/mol. The Kier molecular flexibility index (Phi) is 2.11. The van der Waals surface area contributed by atoms with Crippen molar-refractivity contribution in [3.63, 3.8) is 0 Å². The van der Waals surface area contributed by atoms with Gasteiger partial charge in [-0.25, -0.2) is 0 Å². The van der Waals surface area contributed by atoms with Gasteiger partial charge >= 0.3 is 0 Å². The first-order valence-corrected chi connectivity index (χ1v) is 4.21. The van der Waals surface area contributed by atoms with E-state index in [1.807, 2.05) is 18.2 Å². The number of rotatable bonds is 1. The van der Waals surface area contributed by atoms with E-state index >= 15 is 0 Å². The van der Waals surface area contributed by atoms with Gasteiger partial charge in [0.1, 0.15) is 0 Å². The Morgan fingerprint density at radius 2 is 2.00 bits per heavy atom. The van der Waals surface area contributed by atoms with Gasteiger partial charge in [0.2, 0.25) is 0 Å². The minimum atomic E-state index is -0.560. The summed E-state index contributed by atoms with van der Waals surface area (Å²) < 4.78 is 5.08. The normalized spacial score (nSPS) is 29.1. The molecule has 0 aliphatic carbocycles. The van der Waals surface area contributed by atoms with E-state index in [1.165, 1.54) is 5.56 Å². The number of ether oxygens (including phenoxy) is 1. The second-order valence-electron chi connectivity index (χ2n) is 3.13. The van der Waals surface area contributed by atoms with Gasteiger partial charge in [-0.1, -0.05) is 30.3 Å². The summed E-state index contributed by atoms with van der Waals surface area (Å²) in [4.78, 5) is 0. The van der Waals surface area contributed by atoms with Crippen LogP contribution in [0, 0.1) is 0 Å². The Morgan fingerprint density at radius 3 is 2.58 bits per heavy atom. The van der Waals surface area contributed by atoms with Crippen LogP contribution in [0.5, 0.6) is 0 Å². The first-order chi connectivity index (χ1) is 5.86. The Morgan fingerprint density at radius 1 is 1.25 bits per heavy atom. The molecule has 64 valence electrons. The van der Waals surface area contributed by atoms with Crippen molar-refractivity contribution in [1.82, 2.24) is 0 Å². The van der Waals surface area contributed by atoms with Crippen LogP contribution in [0.1, 0.15) is 17.9 Å². The molecule has 2 nitrogen and oxygen atoms in total. The van der Waals surface area contributed by atoms with Gasteiger partial charge in [-0.15, -0.1) is 0 Å². The monoisotopic (exact) mass is 164 g/mol. The second kappa shape index (κ2) is 3.25. The standard InChI is InChI=1S/C10H12O2/c11-10-6-9(7-12-10)8-4-2-1-3-5-8/h1-5,9-11H,6-7H2/t9-,10-/m1/s1. The molecule has 2 atom stereocenters. The van der Waals surface area contributed by atoms with Gasteiger partial charge in [0.15, 0.2) is 6.29 Å². The van der Waals surface area contributed by atoms with E-state index in [4.69, 9.17) is 9.84 Å². The van der Waals surface area contributed by atoms with Gasteiger partial charge in [0, 0.05) is 12.3 Å². The van der Waals surface area contributed by atoms with Crippen LogP contribution in [0.2, 0.25) is 0 Å². The van der Waals surface area contributed by atoms with E-state index in [-0.39, 0.29) is 0 Å². The molecule has 0 spiro atoms. The maximum absolute atomic E-state index is 9.14. The van der Waals surface area contributed by atoms with Crippen LogP contribution >= 0.6 is 0 Å². The molecule has 2 rings (SSSR count). The molecule has 12 heavy (non-hydrogen) atoms. The summed E-state index contributed by atoms with van der Waals surface area (Å²) in [6, 6.07) is 10.2. The Balaban J connectivity index is 2.11. The van der Waals surface area contributed by atoms with Crippen molar-refractivity contribution in [3.05, 3.63) is 35.9 Å². The molecule has 1 fully saturated rings. The van der Waals surface area contributed by atoms with Gasteiger partial charge in [0.25, 0.3) is 0 Å². The van der Waals surface area contributed by atoms with Crippen molar-refractivity contribution in [2.24, 2.45) is 0 Å². The topological polar surface area (TPSA) is 29.5 Å². The number of aliphatic hydroxyl groups excluding tert-OH is 1. The van der Waals surface area contributed by atoms with Crippen molar-refractivity contribution in [1.29, 1.82) is 0 Å². The average molecular weight is 164 g/mol. The summed E-state index contributed by atoms with van der Waals surface area (Å²) in [6.07, 6.45) is 0.166. The zero-order valence-electron chi connectivity index (χ0n) is 6.81. The molecule has 0 amide bonds. The summed E-state index contributed by atoms with van der Waals surface area (Å²) in [5.74, 6) is 0.376.